The maximum Gasteiger partial charge on any atom is 0.350 e. The van der Waals surface area contributed by atoms with Crippen LogP contribution in [0.25, 0.3) is 10.8 Å². The number of pyridine rings is 1. The molecule has 3 aromatic rings. The van der Waals surface area contributed by atoms with E-state index in [-0.39, 0.29) is 36.0 Å². The molecule has 0 amide bonds. The van der Waals surface area contributed by atoms with Crippen molar-refractivity contribution < 1.29 is 9.53 Å². The van der Waals surface area contributed by atoms with Crippen LogP contribution in [0, 0.1) is 6.92 Å². The lowest BCUT2D eigenvalue weighted by Gasteiger charge is -2.16. The summed E-state index contributed by atoms with van der Waals surface area (Å²) in [6, 6.07) is 10.0. The van der Waals surface area contributed by atoms with Crippen molar-refractivity contribution in [3.05, 3.63) is 57.8 Å². The first-order valence-electron chi connectivity index (χ1n) is 9.47. The summed E-state index contributed by atoms with van der Waals surface area (Å²) < 4.78 is 5.09. The molecule has 0 aliphatic heterocycles. The summed E-state index contributed by atoms with van der Waals surface area (Å²) in [6.07, 6.45) is 1.81. The molecule has 0 bridgehead atoms. The van der Waals surface area contributed by atoms with Crippen LogP contribution in [0.3, 0.4) is 0 Å². The molecule has 160 valence electrons. The van der Waals surface area contributed by atoms with Crippen molar-refractivity contribution in [1.82, 2.24) is 20.6 Å². The fourth-order valence-electron chi connectivity index (χ4n) is 2.94. The molecule has 0 aliphatic rings. The van der Waals surface area contributed by atoms with Crippen LogP contribution >= 0.6 is 35.3 Å². The van der Waals surface area contributed by atoms with Crippen molar-refractivity contribution in [2.45, 2.75) is 33.4 Å². The second-order valence-corrected chi connectivity index (χ2v) is 7.49. The average Bonchev–Trinajstić information content (AvgIpc) is 3.13. The van der Waals surface area contributed by atoms with Crippen molar-refractivity contribution in [3.8, 4) is 0 Å². The summed E-state index contributed by atoms with van der Waals surface area (Å²) in [7, 11) is 1.72. The lowest BCUT2D eigenvalue weighted by molar-refractivity contribution is 0.0531. The minimum absolute atomic E-state index is 0. The third kappa shape index (κ3) is 5.66. The second-order valence-electron chi connectivity index (χ2n) is 6.46. The molecule has 1 aromatic carbocycles. The number of carbonyl (C=O) groups excluding carboxylic acids is 1. The van der Waals surface area contributed by atoms with Gasteiger partial charge in [0.15, 0.2) is 5.96 Å². The summed E-state index contributed by atoms with van der Waals surface area (Å²) in [5.41, 5.74) is 1.63. The molecule has 1 unspecified atom stereocenters. The number of guanidine groups is 1. The molecule has 0 spiro atoms. The number of aromatic nitrogens is 2. The van der Waals surface area contributed by atoms with Crippen molar-refractivity contribution in [2.75, 3.05) is 13.7 Å². The monoisotopic (exact) mass is 539 g/mol. The van der Waals surface area contributed by atoms with Gasteiger partial charge in [0.2, 0.25) is 0 Å². The van der Waals surface area contributed by atoms with E-state index in [1.165, 1.54) is 11.3 Å². The van der Waals surface area contributed by atoms with Crippen molar-refractivity contribution >= 4 is 58.0 Å². The summed E-state index contributed by atoms with van der Waals surface area (Å²) >= 11 is 1.34. The van der Waals surface area contributed by atoms with Gasteiger partial charge < -0.3 is 15.4 Å². The highest BCUT2D eigenvalue weighted by atomic mass is 127. The number of rotatable bonds is 6. The molecule has 0 aliphatic carbocycles. The van der Waals surface area contributed by atoms with Crippen LogP contribution in [0.4, 0.5) is 0 Å². The zero-order chi connectivity index (χ0) is 20.8. The quantitative estimate of drug-likeness (QED) is 0.211. The number of nitrogens with zero attached hydrogens (tertiary/aromatic N) is 3. The van der Waals surface area contributed by atoms with Gasteiger partial charge in [0.1, 0.15) is 9.88 Å². The minimum atomic E-state index is -0.328. The van der Waals surface area contributed by atoms with Gasteiger partial charge in [0.25, 0.3) is 0 Å². The summed E-state index contributed by atoms with van der Waals surface area (Å²) in [5.74, 6) is 0.309. The van der Waals surface area contributed by atoms with Gasteiger partial charge in [-0.2, -0.15) is 0 Å². The third-order valence-corrected chi connectivity index (χ3v) is 5.72. The highest BCUT2D eigenvalue weighted by Crippen LogP contribution is 2.24. The molecule has 2 aromatic heterocycles. The van der Waals surface area contributed by atoms with Gasteiger partial charge in [0.05, 0.1) is 30.6 Å². The van der Waals surface area contributed by atoms with Gasteiger partial charge in [-0.25, -0.2) is 9.78 Å². The topological polar surface area (TPSA) is 88.5 Å². The van der Waals surface area contributed by atoms with E-state index in [0.717, 1.165) is 21.5 Å². The zero-order valence-electron chi connectivity index (χ0n) is 17.4. The van der Waals surface area contributed by atoms with Gasteiger partial charge in [-0.1, -0.05) is 24.3 Å². The molecule has 0 radical (unpaired) electrons. The number of hydrogen-bond acceptors (Lipinski definition) is 6. The van der Waals surface area contributed by atoms with Crippen molar-refractivity contribution in [1.29, 1.82) is 0 Å². The standard InChI is InChI=1S/C21H25N5O2S.HI/c1-5-28-20(27)18-13(2)25-19(29-18)14(3)26-21(22-4)24-12-17-16-9-7-6-8-15(16)10-11-23-17;/h6-11,14H,5,12H2,1-4H3,(H2,22,24,26);1H. The molecule has 0 saturated heterocycles. The Hall–Kier alpha value is -2.27. The number of aryl methyl sites for hydroxylation is 1. The third-order valence-electron chi connectivity index (χ3n) is 4.40. The van der Waals surface area contributed by atoms with E-state index < -0.39 is 0 Å². The average molecular weight is 539 g/mol. The molecule has 30 heavy (non-hydrogen) atoms. The number of nitrogens with one attached hydrogen (secondary N) is 2. The minimum Gasteiger partial charge on any atom is -0.462 e. The largest absolute Gasteiger partial charge is 0.462 e. The first-order valence-corrected chi connectivity index (χ1v) is 10.3. The van der Waals surface area contributed by atoms with Crippen molar-refractivity contribution in [3.63, 3.8) is 0 Å². The zero-order valence-corrected chi connectivity index (χ0v) is 20.6. The van der Waals surface area contributed by atoms with E-state index in [1.807, 2.05) is 38.2 Å². The smallest absolute Gasteiger partial charge is 0.350 e. The van der Waals surface area contributed by atoms with E-state index in [9.17, 15) is 4.79 Å². The molecule has 7 nitrogen and oxygen atoms in total. The molecular formula is C21H26IN5O2S. The van der Waals surface area contributed by atoms with Crippen LogP contribution in [0.1, 0.15) is 46.0 Å². The van der Waals surface area contributed by atoms with Gasteiger partial charge in [-0.05, 0) is 32.2 Å². The van der Waals surface area contributed by atoms with E-state index in [2.05, 4.69) is 37.7 Å². The lowest BCUT2D eigenvalue weighted by atomic mass is 10.1. The Morgan fingerprint density at radius 1 is 1.30 bits per heavy atom. The SMILES string of the molecule is CCOC(=O)c1sc(C(C)NC(=NC)NCc2nccc3ccccc23)nc1C.I. The molecule has 0 fully saturated rings. The number of esters is 1. The Balaban J connectivity index is 0.00000320. The normalized spacial score (nSPS) is 12.2. The number of fused-ring (bicyclic) bond motifs is 1. The maximum absolute atomic E-state index is 12.0. The van der Waals surface area contributed by atoms with Crippen LogP contribution < -0.4 is 10.6 Å². The molecule has 9 heteroatoms. The van der Waals surface area contributed by atoms with Crippen LogP contribution in [0.2, 0.25) is 0 Å². The number of carbonyl (C=O) groups is 1. The van der Waals surface area contributed by atoms with Crippen LogP contribution in [0.15, 0.2) is 41.5 Å². The molecule has 2 N–H and O–H groups in total. The van der Waals surface area contributed by atoms with Crippen LogP contribution in [-0.2, 0) is 11.3 Å². The van der Waals surface area contributed by atoms with Gasteiger partial charge in [0, 0.05) is 18.6 Å². The molecule has 2 heterocycles. The number of thiazole rings is 1. The van der Waals surface area contributed by atoms with E-state index in [4.69, 9.17) is 4.74 Å². The Labute approximate surface area is 197 Å². The first kappa shape index (κ1) is 24.0. The fraction of sp³-hybridized carbons (Fsp3) is 0.333. The summed E-state index contributed by atoms with van der Waals surface area (Å²) in [6.45, 7) is 6.48. The number of hydrogen-bond donors (Lipinski definition) is 2. The molecule has 3 rings (SSSR count). The van der Waals surface area contributed by atoms with Gasteiger partial charge in [-0.3, -0.25) is 9.98 Å². The summed E-state index contributed by atoms with van der Waals surface area (Å²) in [4.78, 5) is 25.9. The second kappa shape index (κ2) is 11.2. The van der Waals surface area contributed by atoms with Crippen LogP contribution in [0.5, 0.6) is 0 Å². The lowest BCUT2D eigenvalue weighted by Crippen LogP contribution is -2.38. The number of halogens is 1. The number of ether oxygens (including phenoxy) is 1. The van der Waals surface area contributed by atoms with Crippen LogP contribution in [-0.4, -0.2) is 35.6 Å². The molecule has 0 saturated carbocycles. The Bertz CT molecular complexity index is 1030. The Kier molecular flexibility index (Phi) is 8.97. The predicted octanol–water partition coefficient (Wildman–Crippen LogP) is 4.22. The first-order chi connectivity index (χ1) is 14.0. The van der Waals surface area contributed by atoms with Gasteiger partial charge in [-0.15, -0.1) is 35.3 Å². The highest BCUT2D eigenvalue weighted by molar-refractivity contribution is 14.0. The molecular weight excluding hydrogens is 513 g/mol. The van der Waals surface area contributed by atoms with Crippen molar-refractivity contribution in [2.24, 2.45) is 4.99 Å². The van der Waals surface area contributed by atoms with E-state index in [1.54, 1.807) is 14.0 Å². The van der Waals surface area contributed by atoms with E-state index >= 15 is 0 Å². The number of aliphatic imine (C=N–C) groups is 1. The number of benzene rings is 1. The van der Waals surface area contributed by atoms with E-state index in [0.29, 0.717) is 29.7 Å². The Morgan fingerprint density at radius 2 is 2.07 bits per heavy atom. The summed E-state index contributed by atoms with van der Waals surface area (Å²) in [5, 5.41) is 9.69. The fourth-order valence-corrected chi connectivity index (χ4v) is 3.90. The maximum atomic E-state index is 12.0. The highest BCUT2D eigenvalue weighted by Gasteiger charge is 2.20. The Morgan fingerprint density at radius 3 is 2.80 bits per heavy atom. The van der Waals surface area contributed by atoms with Gasteiger partial charge >= 0.3 is 5.97 Å². The molecule has 1 atom stereocenters. The predicted molar refractivity (Wildman–Crippen MR) is 132 cm³/mol.